The minimum absolute atomic E-state index is 0.797. The number of rotatable bonds is 4. The van der Waals surface area contributed by atoms with Crippen molar-refractivity contribution in [3.63, 3.8) is 0 Å². The first-order chi connectivity index (χ1) is 11.0. The maximum absolute atomic E-state index is 5.60. The Labute approximate surface area is 140 Å². The van der Waals surface area contributed by atoms with Gasteiger partial charge in [-0.1, -0.05) is 38.1 Å². The molecule has 124 valence electrons. The first kappa shape index (κ1) is 18.6. The van der Waals surface area contributed by atoms with Crippen LogP contribution in [0.15, 0.2) is 53.6 Å². The molecule has 0 radical (unpaired) electrons. The zero-order valence-corrected chi connectivity index (χ0v) is 15.0. The fraction of sp³-hybridized carbons (Fsp3) is 0.316. The summed E-state index contributed by atoms with van der Waals surface area (Å²) < 4.78 is 0. The van der Waals surface area contributed by atoms with E-state index >= 15 is 0 Å². The van der Waals surface area contributed by atoms with Crippen LogP contribution >= 0.6 is 0 Å². The Bertz CT molecular complexity index is 557. The molecule has 23 heavy (non-hydrogen) atoms. The molecule has 0 heterocycles. The summed E-state index contributed by atoms with van der Waals surface area (Å²) in [5, 5.41) is 3.97. The lowest BCUT2D eigenvalue weighted by Gasteiger charge is -2.15. The van der Waals surface area contributed by atoms with Gasteiger partial charge < -0.3 is 15.6 Å². The van der Waals surface area contributed by atoms with Crippen LogP contribution in [0.3, 0.4) is 0 Å². The summed E-state index contributed by atoms with van der Waals surface area (Å²) in [5.74, 6) is 5.60. The Morgan fingerprint density at radius 1 is 0.696 bits per heavy atom. The van der Waals surface area contributed by atoms with E-state index in [1.54, 1.807) is 0 Å². The highest BCUT2D eigenvalue weighted by molar-refractivity contribution is 6.13. The Morgan fingerprint density at radius 2 is 1.00 bits per heavy atom. The second-order valence-corrected chi connectivity index (χ2v) is 5.36. The molecule has 0 unspecified atom stereocenters. The normalized spacial score (nSPS) is 9.48. The van der Waals surface area contributed by atoms with Gasteiger partial charge in [-0.3, -0.25) is 0 Å². The van der Waals surface area contributed by atoms with Crippen LogP contribution < -0.4 is 15.6 Å². The molecule has 4 nitrogen and oxygen atoms in total. The van der Waals surface area contributed by atoms with Crippen LogP contribution in [0.4, 0.5) is 11.4 Å². The number of nitrogens with two attached hydrogens (primary N) is 1. The summed E-state index contributed by atoms with van der Waals surface area (Å²) in [6.45, 7) is 4.00. The molecule has 0 amide bonds. The predicted molar refractivity (Wildman–Crippen MR) is 103 cm³/mol. The molecule has 0 aliphatic rings. The number of benzene rings is 2. The van der Waals surface area contributed by atoms with Crippen molar-refractivity contribution in [3.05, 3.63) is 59.7 Å². The van der Waals surface area contributed by atoms with Crippen molar-refractivity contribution < 1.29 is 0 Å². The Morgan fingerprint density at radius 3 is 1.22 bits per heavy atom. The standard InChI is InChI=1S/C17H22N4.C2H6/c1-20(2)15-9-5-13(6-10-15)17(19-18)14-7-11-16(12-8-14)21(3)4;1-2/h5-12H,18H2,1-4H3;1-2H3. The van der Waals surface area contributed by atoms with Crippen molar-refractivity contribution >= 4 is 17.1 Å². The molecule has 4 heteroatoms. The smallest absolute Gasteiger partial charge is 0.0971 e. The third-order valence-electron chi connectivity index (χ3n) is 3.44. The zero-order chi connectivity index (χ0) is 17.4. The molecule has 2 rings (SSSR count). The van der Waals surface area contributed by atoms with E-state index in [-0.39, 0.29) is 0 Å². The van der Waals surface area contributed by atoms with Crippen LogP contribution in [0.1, 0.15) is 25.0 Å². The molecule has 2 N–H and O–H groups in total. The highest BCUT2D eigenvalue weighted by atomic mass is 15.1. The average molecular weight is 312 g/mol. The van der Waals surface area contributed by atoms with Crippen molar-refractivity contribution in [3.8, 4) is 0 Å². The van der Waals surface area contributed by atoms with Crippen LogP contribution in [0.25, 0.3) is 0 Å². The fourth-order valence-electron chi connectivity index (χ4n) is 2.15. The van der Waals surface area contributed by atoms with Gasteiger partial charge in [0.05, 0.1) is 5.71 Å². The minimum Gasteiger partial charge on any atom is -0.378 e. The van der Waals surface area contributed by atoms with Gasteiger partial charge in [-0.2, -0.15) is 5.10 Å². The molecule has 0 atom stereocenters. The van der Waals surface area contributed by atoms with E-state index in [9.17, 15) is 0 Å². The molecule has 0 saturated carbocycles. The number of hydrogen-bond donors (Lipinski definition) is 1. The van der Waals surface area contributed by atoms with Gasteiger partial charge in [-0.15, -0.1) is 0 Å². The van der Waals surface area contributed by atoms with Crippen molar-refractivity contribution in [1.29, 1.82) is 0 Å². The molecule has 0 aliphatic carbocycles. The monoisotopic (exact) mass is 312 g/mol. The maximum atomic E-state index is 5.60. The van der Waals surface area contributed by atoms with Gasteiger partial charge in [0, 0.05) is 50.7 Å². The summed E-state index contributed by atoms with van der Waals surface area (Å²) in [6, 6.07) is 16.4. The van der Waals surface area contributed by atoms with Gasteiger partial charge in [-0.25, -0.2) is 0 Å². The van der Waals surface area contributed by atoms with Crippen molar-refractivity contribution in [1.82, 2.24) is 0 Å². The maximum Gasteiger partial charge on any atom is 0.0971 e. The second kappa shape index (κ2) is 8.83. The molecule has 0 saturated heterocycles. The lowest BCUT2D eigenvalue weighted by Crippen LogP contribution is -2.11. The Hall–Kier alpha value is -2.49. The van der Waals surface area contributed by atoms with E-state index in [2.05, 4.69) is 39.2 Å². The van der Waals surface area contributed by atoms with Crippen molar-refractivity contribution in [2.75, 3.05) is 38.0 Å². The van der Waals surface area contributed by atoms with E-state index in [1.807, 2.05) is 66.3 Å². The fourth-order valence-corrected chi connectivity index (χ4v) is 2.15. The average Bonchev–Trinajstić information content (AvgIpc) is 2.58. The van der Waals surface area contributed by atoms with Gasteiger partial charge in [0.1, 0.15) is 0 Å². The highest BCUT2D eigenvalue weighted by Gasteiger charge is 2.08. The third kappa shape index (κ3) is 4.74. The van der Waals surface area contributed by atoms with Gasteiger partial charge in [0.25, 0.3) is 0 Å². The molecular formula is C19H28N4. The molecule has 0 aromatic heterocycles. The van der Waals surface area contributed by atoms with E-state index in [0.29, 0.717) is 0 Å². The van der Waals surface area contributed by atoms with E-state index in [1.165, 1.54) is 0 Å². The lowest BCUT2D eigenvalue weighted by atomic mass is 10.0. The SMILES string of the molecule is CC.CN(C)c1ccc(C(=NN)c2ccc(N(C)C)cc2)cc1. The molecule has 0 aliphatic heterocycles. The molecule has 2 aromatic carbocycles. The topological polar surface area (TPSA) is 44.9 Å². The number of anilines is 2. The Kier molecular flexibility index (Phi) is 7.13. The lowest BCUT2D eigenvalue weighted by molar-refractivity contribution is 1.13. The molecule has 0 fully saturated rings. The van der Waals surface area contributed by atoms with Crippen LogP contribution in [0.2, 0.25) is 0 Å². The highest BCUT2D eigenvalue weighted by Crippen LogP contribution is 2.18. The van der Waals surface area contributed by atoms with Gasteiger partial charge in [0.2, 0.25) is 0 Å². The molecule has 2 aromatic rings. The van der Waals surface area contributed by atoms with E-state index in [0.717, 1.165) is 28.2 Å². The second-order valence-electron chi connectivity index (χ2n) is 5.36. The molecule has 0 spiro atoms. The van der Waals surface area contributed by atoms with Gasteiger partial charge >= 0.3 is 0 Å². The summed E-state index contributed by atoms with van der Waals surface area (Å²) in [4.78, 5) is 4.13. The summed E-state index contributed by atoms with van der Waals surface area (Å²) in [5.41, 5.74) is 5.13. The number of nitrogens with zero attached hydrogens (tertiary/aromatic N) is 3. The summed E-state index contributed by atoms with van der Waals surface area (Å²) in [7, 11) is 8.08. The first-order valence-electron chi connectivity index (χ1n) is 7.86. The van der Waals surface area contributed by atoms with Crippen LogP contribution in [-0.4, -0.2) is 33.9 Å². The van der Waals surface area contributed by atoms with E-state index in [4.69, 9.17) is 5.84 Å². The van der Waals surface area contributed by atoms with Gasteiger partial charge in [-0.05, 0) is 24.3 Å². The van der Waals surface area contributed by atoms with E-state index < -0.39 is 0 Å². The third-order valence-corrected chi connectivity index (χ3v) is 3.44. The molecular weight excluding hydrogens is 284 g/mol. The quantitative estimate of drug-likeness (QED) is 0.533. The summed E-state index contributed by atoms with van der Waals surface area (Å²) >= 11 is 0. The minimum atomic E-state index is 0.797. The summed E-state index contributed by atoms with van der Waals surface area (Å²) in [6.07, 6.45) is 0. The van der Waals surface area contributed by atoms with Crippen molar-refractivity contribution in [2.45, 2.75) is 13.8 Å². The van der Waals surface area contributed by atoms with Crippen molar-refractivity contribution in [2.24, 2.45) is 10.9 Å². The zero-order valence-electron chi connectivity index (χ0n) is 15.0. The van der Waals surface area contributed by atoms with Gasteiger partial charge in [0.15, 0.2) is 0 Å². The number of hydrazone groups is 1. The van der Waals surface area contributed by atoms with Crippen LogP contribution in [-0.2, 0) is 0 Å². The Balaban J connectivity index is 0.00000127. The number of hydrogen-bond acceptors (Lipinski definition) is 4. The first-order valence-corrected chi connectivity index (χ1v) is 7.86. The van der Waals surface area contributed by atoms with Crippen LogP contribution in [0, 0.1) is 0 Å². The van der Waals surface area contributed by atoms with Crippen LogP contribution in [0.5, 0.6) is 0 Å². The largest absolute Gasteiger partial charge is 0.378 e. The molecule has 0 bridgehead atoms. The predicted octanol–water partition coefficient (Wildman–Crippen LogP) is 3.56.